The molecule has 0 radical (unpaired) electrons. The molecule has 0 saturated carbocycles. The van der Waals surface area contributed by atoms with E-state index in [0.29, 0.717) is 12.5 Å². The highest BCUT2D eigenvalue weighted by atomic mass is 127. The number of aliphatic imine (C=N–C) groups is 1. The Balaban J connectivity index is 0. The molecular formula is C13H27IN4O. The van der Waals surface area contributed by atoms with Crippen LogP contribution < -0.4 is 10.6 Å². The third-order valence-corrected chi connectivity index (χ3v) is 2.25. The second-order valence-corrected chi connectivity index (χ2v) is 4.54. The predicted octanol–water partition coefficient (Wildman–Crippen LogP) is 1.60. The molecule has 0 aromatic rings. The van der Waals surface area contributed by atoms with E-state index in [0.717, 1.165) is 25.0 Å². The van der Waals surface area contributed by atoms with E-state index in [4.69, 9.17) is 0 Å². The lowest BCUT2D eigenvalue weighted by Gasteiger charge is -2.13. The molecular weight excluding hydrogens is 355 g/mol. The summed E-state index contributed by atoms with van der Waals surface area (Å²) in [7, 11) is 3.45. The van der Waals surface area contributed by atoms with Crippen molar-refractivity contribution in [1.29, 1.82) is 0 Å². The first-order chi connectivity index (χ1) is 8.47. The molecule has 5 nitrogen and oxygen atoms in total. The van der Waals surface area contributed by atoms with Gasteiger partial charge in [0.15, 0.2) is 5.96 Å². The number of amides is 1. The molecule has 1 amide bonds. The van der Waals surface area contributed by atoms with Gasteiger partial charge in [0.2, 0.25) is 5.91 Å². The van der Waals surface area contributed by atoms with Crippen LogP contribution in [0.3, 0.4) is 0 Å². The van der Waals surface area contributed by atoms with Crippen molar-refractivity contribution in [1.82, 2.24) is 15.5 Å². The molecule has 0 spiro atoms. The van der Waals surface area contributed by atoms with Gasteiger partial charge in [0, 0.05) is 27.2 Å². The average molecular weight is 382 g/mol. The van der Waals surface area contributed by atoms with Gasteiger partial charge in [0.25, 0.3) is 0 Å². The third kappa shape index (κ3) is 12.0. The molecule has 0 aromatic carbocycles. The molecule has 6 heteroatoms. The molecule has 0 aliphatic carbocycles. The lowest BCUT2D eigenvalue weighted by Crippen LogP contribution is -2.39. The number of likely N-dealkylation sites (N-methyl/N-ethyl adjacent to an activating group) is 1. The van der Waals surface area contributed by atoms with Crippen LogP contribution in [0.15, 0.2) is 17.1 Å². The monoisotopic (exact) mass is 382 g/mol. The second-order valence-electron chi connectivity index (χ2n) is 4.54. The Labute approximate surface area is 133 Å². The normalized spacial score (nSPS) is 10.4. The fraction of sp³-hybridized carbons (Fsp3) is 0.692. The lowest BCUT2D eigenvalue weighted by molar-refractivity contribution is -0.127. The quantitative estimate of drug-likeness (QED) is 0.231. The van der Waals surface area contributed by atoms with Crippen LogP contribution >= 0.6 is 24.0 Å². The molecule has 0 saturated heterocycles. The van der Waals surface area contributed by atoms with Crippen molar-refractivity contribution in [3.8, 4) is 0 Å². The minimum atomic E-state index is -0.0121. The maximum Gasteiger partial charge on any atom is 0.243 e. The van der Waals surface area contributed by atoms with Crippen molar-refractivity contribution in [2.24, 2.45) is 4.99 Å². The number of unbranched alkanes of at least 4 members (excludes halogenated alkanes) is 1. The Morgan fingerprint density at radius 1 is 1.32 bits per heavy atom. The number of nitrogens with one attached hydrogen (secondary N) is 2. The molecule has 0 aliphatic heterocycles. The zero-order valence-electron chi connectivity index (χ0n) is 12.5. The van der Waals surface area contributed by atoms with Crippen molar-refractivity contribution in [2.75, 3.05) is 33.7 Å². The number of guanidine groups is 1. The summed E-state index contributed by atoms with van der Waals surface area (Å²) in [5.41, 5.74) is 1.03. The van der Waals surface area contributed by atoms with E-state index in [1.807, 2.05) is 6.92 Å². The van der Waals surface area contributed by atoms with Crippen molar-refractivity contribution < 1.29 is 4.79 Å². The van der Waals surface area contributed by atoms with E-state index in [1.165, 1.54) is 4.90 Å². The molecule has 2 N–H and O–H groups in total. The standard InChI is InChI=1S/C13H26N4O.HI/c1-6-7-8-14-13(15-9-11(2)3)16-10-12(18)17(4)5;/h2,6-10H2,1,3-5H3,(H2,14,15,16);1H. The van der Waals surface area contributed by atoms with E-state index in [2.05, 4.69) is 29.1 Å². The Morgan fingerprint density at radius 2 is 1.95 bits per heavy atom. The minimum Gasteiger partial charge on any atom is -0.356 e. The van der Waals surface area contributed by atoms with Crippen molar-refractivity contribution in [3.05, 3.63) is 12.2 Å². The first-order valence-electron chi connectivity index (χ1n) is 6.34. The summed E-state index contributed by atoms with van der Waals surface area (Å²) < 4.78 is 0. The van der Waals surface area contributed by atoms with E-state index in [-0.39, 0.29) is 36.4 Å². The Kier molecular flexibility index (Phi) is 13.2. The van der Waals surface area contributed by atoms with Crippen LogP contribution in [0, 0.1) is 0 Å². The van der Waals surface area contributed by atoms with Crippen LogP contribution in [0.25, 0.3) is 0 Å². The average Bonchev–Trinajstić information content (AvgIpc) is 2.31. The van der Waals surface area contributed by atoms with Crippen molar-refractivity contribution in [3.63, 3.8) is 0 Å². The van der Waals surface area contributed by atoms with Gasteiger partial charge in [-0.05, 0) is 13.3 Å². The van der Waals surface area contributed by atoms with Gasteiger partial charge in [-0.2, -0.15) is 0 Å². The molecule has 0 heterocycles. The zero-order chi connectivity index (χ0) is 14.0. The summed E-state index contributed by atoms with van der Waals surface area (Å²) >= 11 is 0. The molecule has 19 heavy (non-hydrogen) atoms. The topological polar surface area (TPSA) is 56.7 Å². The van der Waals surface area contributed by atoms with E-state index in [1.54, 1.807) is 14.1 Å². The highest BCUT2D eigenvalue weighted by Crippen LogP contribution is 1.87. The number of carbonyl (C=O) groups is 1. The number of halogens is 1. The predicted molar refractivity (Wildman–Crippen MR) is 92.1 cm³/mol. The molecule has 0 bridgehead atoms. The second kappa shape index (κ2) is 12.3. The summed E-state index contributed by atoms with van der Waals surface area (Å²) in [5.74, 6) is 0.656. The smallest absolute Gasteiger partial charge is 0.243 e. The lowest BCUT2D eigenvalue weighted by atomic mass is 10.3. The highest BCUT2D eigenvalue weighted by Gasteiger charge is 2.03. The van der Waals surface area contributed by atoms with Gasteiger partial charge in [0.05, 0.1) is 0 Å². The highest BCUT2D eigenvalue weighted by molar-refractivity contribution is 14.0. The van der Waals surface area contributed by atoms with E-state index in [9.17, 15) is 4.79 Å². The number of hydrogen-bond donors (Lipinski definition) is 2. The number of nitrogens with zero attached hydrogens (tertiary/aromatic N) is 2. The number of rotatable bonds is 7. The third-order valence-electron chi connectivity index (χ3n) is 2.25. The van der Waals surface area contributed by atoms with Gasteiger partial charge in [-0.15, -0.1) is 24.0 Å². The minimum absolute atomic E-state index is 0. The fourth-order valence-corrected chi connectivity index (χ4v) is 1.08. The summed E-state index contributed by atoms with van der Waals surface area (Å²) in [5, 5.41) is 6.34. The van der Waals surface area contributed by atoms with Gasteiger partial charge >= 0.3 is 0 Å². The van der Waals surface area contributed by atoms with Gasteiger partial charge in [-0.1, -0.05) is 25.5 Å². The van der Waals surface area contributed by atoms with E-state index < -0.39 is 0 Å². The molecule has 0 unspecified atom stereocenters. The Hall–Kier alpha value is -0.790. The van der Waals surface area contributed by atoms with Gasteiger partial charge in [-0.3, -0.25) is 4.79 Å². The summed E-state index contributed by atoms with van der Waals surface area (Å²) in [6.07, 6.45) is 2.20. The Bertz CT molecular complexity index is 303. The molecule has 0 aromatic heterocycles. The van der Waals surface area contributed by atoms with Crippen LogP contribution in [0.4, 0.5) is 0 Å². The van der Waals surface area contributed by atoms with Crippen molar-refractivity contribution >= 4 is 35.8 Å². The van der Waals surface area contributed by atoms with Gasteiger partial charge in [-0.25, -0.2) is 4.99 Å². The van der Waals surface area contributed by atoms with E-state index >= 15 is 0 Å². The van der Waals surface area contributed by atoms with Crippen LogP contribution in [-0.2, 0) is 4.79 Å². The largest absolute Gasteiger partial charge is 0.356 e. The van der Waals surface area contributed by atoms with Crippen LogP contribution in [-0.4, -0.2) is 50.5 Å². The zero-order valence-corrected chi connectivity index (χ0v) is 14.8. The Morgan fingerprint density at radius 3 is 2.42 bits per heavy atom. The summed E-state index contributed by atoms with van der Waals surface area (Å²) in [6, 6.07) is 0. The van der Waals surface area contributed by atoms with Crippen LogP contribution in [0.5, 0.6) is 0 Å². The summed E-state index contributed by atoms with van der Waals surface area (Å²) in [6.45, 7) is 9.58. The molecule has 112 valence electrons. The number of carbonyl (C=O) groups excluding carboxylic acids is 1. The maximum atomic E-state index is 11.5. The SMILES string of the molecule is C=C(C)CNC(=NCC(=O)N(C)C)NCCCC.I. The molecule has 0 fully saturated rings. The summed E-state index contributed by atoms with van der Waals surface area (Å²) in [4.78, 5) is 17.2. The first-order valence-corrected chi connectivity index (χ1v) is 6.34. The molecule has 0 aliphatic rings. The number of hydrogen-bond acceptors (Lipinski definition) is 2. The molecule has 0 rings (SSSR count). The van der Waals surface area contributed by atoms with Gasteiger partial charge in [0.1, 0.15) is 6.54 Å². The molecule has 0 atom stereocenters. The van der Waals surface area contributed by atoms with Crippen LogP contribution in [0.1, 0.15) is 26.7 Å². The fourth-order valence-electron chi connectivity index (χ4n) is 1.08. The first kappa shape index (κ1) is 20.5. The maximum absolute atomic E-state index is 11.5. The van der Waals surface area contributed by atoms with Crippen molar-refractivity contribution in [2.45, 2.75) is 26.7 Å². The van der Waals surface area contributed by atoms with Crippen LogP contribution in [0.2, 0.25) is 0 Å². The van der Waals surface area contributed by atoms with Gasteiger partial charge < -0.3 is 15.5 Å².